The van der Waals surface area contributed by atoms with Crippen molar-refractivity contribution in [3.63, 3.8) is 0 Å². The maximum atomic E-state index is 12.2. The van der Waals surface area contributed by atoms with Crippen molar-refractivity contribution in [2.75, 3.05) is 26.8 Å². The van der Waals surface area contributed by atoms with E-state index in [0.29, 0.717) is 0 Å². The molecule has 0 aromatic carbocycles. The molecule has 2 rings (SSSR count). The number of aromatic nitrogens is 2. The van der Waals surface area contributed by atoms with Crippen molar-refractivity contribution in [3.05, 3.63) is 27.6 Å². The first kappa shape index (κ1) is 15.2. The molecule has 6 heteroatoms. The molecule has 0 saturated heterocycles. The Morgan fingerprint density at radius 2 is 2.25 bits per heavy atom. The van der Waals surface area contributed by atoms with E-state index < -0.39 is 0 Å². The largest absolute Gasteiger partial charge is 0.383 e. The predicted molar refractivity (Wildman–Crippen MR) is 82.6 cm³/mol. The lowest BCUT2D eigenvalue weighted by atomic mass is 10.3. The summed E-state index contributed by atoms with van der Waals surface area (Å²) in [6.07, 6.45) is 3.68. The number of nitrogens with zero attached hydrogens (tertiary/aromatic N) is 2. The van der Waals surface area contributed by atoms with Crippen LogP contribution in [0.15, 0.2) is 16.5 Å². The van der Waals surface area contributed by atoms with Crippen molar-refractivity contribution in [3.8, 4) is 0 Å². The first-order valence-electron chi connectivity index (χ1n) is 6.87. The number of unbranched alkanes of at least 4 members (excludes halogenated alkanes) is 1. The van der Waals surface area contributed by atoms with E-state index in [1.54, 1.807) is 18.0 Å². The number of nitrogens with one attached hydrogen (secondary N) is 1. The van der Waals surface area contributed by atoms with Gasteiger partial charge < -0.3 is 10.1 Å². The van der Waals surface area contributed by atoms with E-state index in [1.165, 1.54) is 11.3 Å². The normalized spacial score (nSPS) is 11.3. The Labute approximate surface area is 122 Å². The third-order valence-corrected chi connectivity index (χ3v) is 4.28. The van der Waals surface area contributed by atoms with E-state index in [1.807, 2.05) is 12.3 Å². The van der Waals surface area contributed by atoms with Gasteiger partial charge in [-0.15, -0.1) is 11.3 Å². The summed E-state index contributed by atoms with van der Waals surface area (Å²) in [7, 11) is 1.70. The van der Waals surface area contributed by atoms with Gasteiger partial charge in [0.25, 0.3) is 5.56 Å². The average molecular weight is 295 g/mol. The number of aryl methyl sites for hydroxylation is 2. The fourth-order valence-electron chi connectivity index (χ4n) is 2.05. The maximum absolute atomic E-state index is 12.2. The molecule has 0 aliphatic rings. The number of fused-ring (bicyclic) bond motifs is 1. The van der Waals surface area contributed by atoms with E-state index in [0.717, 1.165) is 54.9 Å². The highest BCUT2D eigenvalue weighted by molar-refractivity contribution is 7.17. The number of ether oxygens (including phenoxy) is 1. The average Bonchev–Trinajstić information content (AvgIpc) is 2.82. The topological polar surface area (TPSA) is 56.1 Å². The van der Waals surface area contributed by atoms with E-state index in [9.17, 15) is 4.79 Å². The lowest BCUT2D eigenvalue weighted by molar-refractivity contribution is 0.199. The Balaban J connectivity index is 1.84. The first-order valence-corrected chi connectivity index (χ1v) is 7.75. The molecule has 0 radical (unpaired) electrons. The Bertz CT molecular complexity index is 606. The fraction of sp³-hybridized carbons (Fsp3) is 0.571. The van der Waals surface area contributed by atoms with Crippen LogP contribution in [0, 0.1) is 6.92 Å². The third-order valence-electron chi connectivity index (χ3n) is 3.21. The Morgan fingerprint density at radius 1 is 1.40 bits per heavy atom. The van der Waals surface area contributed by atoms with Crippen molar-refractivity contribution in [1.29, 1.82) is 0 Å². The van der Waals surface area contributed by atoms with Gasteiger partial charge in [-0.2, -0.15) is 0 Å². The van der Waals surface area contributed by atoms with Gasteiger partial charge >= 0.3 is 0 Å². The molecule has 0 atom stereocenters. The molecule has 110 valence electrons. The lowest BCUT2D eigenvalue weighted by Crippen LogP contribution is -2.22. The monoisotopic (exact) mass is 295 g/mol. The van der Waals surface area contributed by atoms with Crippen LogP contribution in [0.4, 0.5) is 0 Å². The number of rotatable bonds is 8. The molecule has 0 bridgehead atoms. The molecular weight excluding hydrogens is 274 g/mol. The van der Waals surface area contributed by atoms with Gasteiger partial charge in [0.15, 0.2) is 0 Å². The Kier molecular flexibility index (Phi) is 5.70. The minimum Gasteiger partial charge on any atom is -0.383 e. The smallest absolute Gasteiger partial charge is 0.271 e. The summed E-state index contributed by atoms with van der Waals surface area (Å²) in [5, 5.41) is 5.28. The summed E-state index contributed by atoms with van der Waals surface area (Å²) in [5.41, 5.74) is 2.01. The molecule has 2 heterocycles. The molecular formula is C14H21N3O2S. The first-order chi connectivity index (χ1) is 9.74. The van der Waals surface area contributed by atoms with Crippen LogP contribution in [0.3, 0.4) is 0 Å². The number of thiophene rings is 1. The molecule has 0 fully saturated rings. The van der Waals surface area contributed by atoms with E-state index in [-0.39, 0.29) is 5.56 Å². The molecule has 1 N–H and O–H groups in total. The summed E-state index contributed by atoms with van der Waals surface area (Å²) in [6.45, 7) is 5.27. The second-order valence-corrected chi connectivity index (χ2v) is 5.67. The van der Waals surface area contributed by atoms with E-state index in [4.69, 9.17) is 4.74 Å². The van der Waals surface area contributed by atoms with Gasteiger partial charge in [0.05, 0.1) is 18.5 Å². The summed E-state index contributed by atoms with van der Waals surface area (Å²) >= 11 is 1.49. The summed E-state index contributed by atoms with van der Waals surface area (Å²) < 4.78 is 7.44. The summed E-state index contributed by atoms with van der Waals surface area (Å²) in [6, 6.07) is 0. The van der Waals surface area contributed by atoms with Crippen molar-refractivity contribution in [2.45, 2.75) is 26.3 Å². The van der Waals surface area contributed by atoms with Crippen LogP contribution in [-0.2, 0) is 11.3 Å². The highest BCUT2D eigenvalue weighted by Crippen LogP contribution is 2.19. The van der Waals surface area contributed by atoms with Gasteiger partial charge in [0.1, 0.15) is 4.70 Å². The molecule has 20 heavy (non-hydrogen) atoms. The van der Waals surface area contributed by atoms with Crippen LogP contribution in [0.25, 0.3) is 10.2 Å². The van der Waals surface area contributed by atoms with Crippen LogP contribution in [0.2, 0.25) is 0 Å². The number of hydrogen-bond donors (Lipinski definition) is 1. The van der Waals surface area contributed by atoms with Crippen LogP contribution < -0.4 is 10.9 Å². The maximum Gasteiger partial charge on any atom is 0.271 e. The predicted octanol–water partition coefficient (Wildman–Crippen LogP) is 1.78. The number of hydrogen-bond acceptors (Lipinski definition) is 5. The molecule has 0 saturated carbocycles. The van der Waals surface area contributed by atoms with Gasteiger partial charge in [-0.1, -0.05) is 0 Å². The molecule has 0 spiro atoms. The van der Waals surface area contributed by atoms with E-state index in [2.05, 4.69) is 10.3 Å². The fourth-order valence-corrected chi connectivity index (χ4v) is 3.00. The van der Waals surface area contributed by atoms with Gasteiger partial charge in [-0.05, 0) is 37.3 Å². The quantitative estimate of drug-likeness (QED) is 0.754. The molecule has 2 aromatic heterocycles. The molecule has 0 aliphatic carbocycles. The molecule has 0 aliphatic heterocycles. The molecule has 2 aromatic rings. The van der Waals surface area contributed by atoms with Crippen molar-refractivity contribution >= 4 is 21.6 Å². The summed E-state index contributed by atoms with van der Waals surface area (Å²) in [4.78, 5) is 16.6. The molecule has 5 nitrogen and oxygen atoms in total. The zero-order valence-electron chi connectivity index (χ0n) is 12.0. The molecule has 0 amide bonds. The van der Waals surface area contributed by atoms with Crippen molar-refractivity contribution in [2.24, 2.45) is 0 Å². The van der Waals surface area contributed by atoms with Crippen LogP contribution >= 0.6 is 11.3 Å². The van der Waals surface area contributed by atoms with Crippen molar-refractivity contribution in [1.82, 2.24) is 14.9 Å². The Morgan fingerprint density at radius 3 is 3.05 bits per heavy atom. The van der Waals surface area contributed by atoms with Crippen LogP contribution in [0.1, 0.15) is 18.4 Å². The van der Waals surface area contributed by atoms with Crippen molar-refractivity contribution < 1.29 is 4.74 Å². The highest BCUT2D eigenvalue weighted by Gasteiger charge is 2.07. The SMILES string of the molecule is COCCNCCCCn1cnc2c(C)csc2c1=O. The van der Waals surface area contributed by atoms with Gasteiger partial charge in [-0.25, -0.2) is 4.98 Å². The second-order valence-electron chi connectivity index (χ2n) is 4.79. The van der Waals surface area contributed by atoms with Gasteiger partial charge in [0.2, 0.25) is 0 Å². The lowest BCUT2D eigenvalue weighted by Gasteiger charge is -2.06. The zero-order valence-corrected chi connectivity index (χ0v) is 12.8. The minimum atomic E-state index is 0.0837. The van der Waals surface area contributed by atoms with Crippen LogP contribution in [0.5, 0.6) is 0 Å². The Hall–Kier alpha value is -1.24. The minimum absolute atomic E-state index is 0.0837. The second kappa shape index (κ2) is 7.52. The molecule has 0 unspecified atom stereocenters. The third kappa shape index (κ3) is 3.65. The zero-order chi connectivity index (χ0) is 14.4. The number of methoxy groups -OCH3 is 1. The van der Waals surface area contributed by atoms with E-state index >= 15 is 0 Å². The highest BCUT2D eigenvalue weighted by atomic mass is 32.1. The summed E-state index contributed by atoms with van der Waals surface area (Å²) in [5.74, 6) is 0. The van der Waals surface area contributed by atoms with Gasteiger partial charge in [-0.3, -0.25) is 9.36 Å². The van der Waals surface area contributed by atoms with Crippen LogP contribution in [-0.4, -0.2) is 36.4 Å². The van der Waals surface area contributed by atoms with Gasteiger partial charge in [0, 0.05) is 20.2 Å². The standard InChI is InChI=1S/C14H21N3O2S/c1-11-9-20-13-12(11)16-10-17(14(13)18)7-4-3-5-15-6-8-19-2/h9-10,15H,3-8H2,1-2H3.